The Kier molecular flexibility index (Phi) is 4.22. The Hall–Kier alpha value is -2.25. The normalized spacial score (nSPS) is 10.4. The Morgan fingerprint density at radius 1 is 1.26 bits per heavy atom. The average molecular weight is 255 g/mol. The number of aromatic nitrogens is 1. The molecule has 0 atom stereocenters. The van der Waals surface area contributed by atoms with Crippen molar-refractivity contribution in [2.24, 2.45) is 0 Å². The highest BCUT2D eigenvalue weighted by atomic mass is 19.1. The van der Waals surface area contributed by atoms with Gasteiger partial charge in [-0.3, -0.25) is 9.88 Å². The molecule has 0 bridgehead atoms. The number of nitrogens with zero attached hydrogens (tertiary/aromatic N) is 3. The fourth-order valence-corrected chi connectivity index (χ4v) is 1.88. The van der Waals surface area contributed by atoms with Crippen LogP contribution in [-0.2, 0) is 13.1 Å². The highest BCUT2D eigenvalue weighted by Crippen LogP contribution is 2.13. The second kappa shape index (κ2) is 6.07. The van der Waals surface area contributed by atoms with Crippen LogP contribution >= 0.6 is 0 Å². The summed E-state index contributed by atoms with van der Waals surface area (Å²) in [6.07, 6.45) is 1.74. The predicted molar refractivity (Wildman–Crippen MR) is 70.5 cm³/mol. The van der Waals surface area contributed by atoms with Gasteiger partial charge in [0.2, 0.25) is 0 Å². The van der Waals surface area contributed by atoms with Crippen LogP contribution in [0.4, 0.5) is 4.39 Å². The summed E-state index contributed by atoms with van der Waals surface area (Å²) in [5.74, 6) is -0.285. The zero-order valence-corrected chi connectivity index (χ0v) is 10.7. The van der Waals surface area contributed by atoms with Gasteiger partial charge in [-0.1, -0.05) is 6.07 Å². The van der Waals surface area contributed by atoms with Gasteiger partial charge in [0.25, 0.3) is 0 Å². The van der Waals surface area contributed by atoms with Crippen molar-refractivity contribution in [3.05, 3.63) is 65.2 Å². The van der Waals surface area contributed by atoms with E-state index < -0.39 is 0 Å². The molecule has 0 N–H and O–H groups in total. The summed E-state index contributed by atoms with van der Waals surface area (Å²) in [7, 11) is 1.90. The molecule has 0 saturated heterocycles. The summed E-state index contributed by atoms with van der Waals surface area (Å²) >= 11 is 0. The molecule has 0 saturated carbocycles. The van der Waals surface area contributed by atoms with Crippen molar-refractivity contribution in [2.75, 3.05) is 7.05 Å². The Bertz CT molecular complexity index is 590. The van der Waals surface area contributed by atoms with E-state index in [-0.39, 0.29) is 5.82 Å². The first kappa shape index (κ1) is 13.2. The van der Waals surface area contributed by atoms with Crippen molar-refractivity contribution < 1.29 is 4.39 Å². The van der Waals surface area contributed by atoms with E-state index in [1.807, 2.05) is 36.2 Å². The molecular weight excluding hydrogens is 241 g/mol. The molecule has 3 nitrogen and oxygen atoms in total. The maximum atomic E-state index is 13.7. The van der Waals surface area contributed by atoms with Crippen LogP contribution in [0.1, 0.15) is 16.8 Å². The van der Waals surface area contributed by atoms with Gasteiger partial charge in [0.15, 0.2) is 0 Å². The number of rotatable bonds is 4. The maximum absolute atomic E-state index is 13.7. The molecule has 0 aliphatic heterocycles. The quantitative estimate of drug-likeness (QED) is 0.843. The van der Waals surface area contributed by atoms with Crippen molar-refractivity contribution in [3.8, 4) is 6.07 Å². The van der Waals surface area contributed by atoms with Crippen LogP contribution in [0.3, 0.4) is 0 Å². The third kappa shape index (κ3) is 3.60. The molecule has 19 heavy (non-hydrogen) atoms. The predicted octanol–water partition coefficient (Wildman–Crippen LogP) is 2.72. The Balaban J connectivity index is 2.07. The summed E-state index contributed by atoms with van der Waals surface area (Å²) in [4.78, 5) is 6.19. The van der Waals surface area contributed by atoms with Crippen LogP contribution < -0.4 is 0 Å². The number of pyridine rings is 1. The Labute approximate surface area is 111 Å². The van der Waals surface area contributed by atoms with Gasteiger partial charge in [-0.05, 0) is 37.4 Å². The van der Waals surface area contributed by atoms with E-state index in [2.05, 4.69) is 4.98 Å². The molecule has 0 fully saturated rings. The molecule has 0 aliphatic rings. The lowest BCUT2D eigenvalue weighted by Gasteiger charge is -2.16. The van der Waals surface area contributed by atoms with Crippen molar-refractivity contribution in [1.82, 2.24) is 9.88 Å². The Morgan fingerprint density at radius 3 is 2.79 bits per heavy atom. The van der Waals surface area contributed by atoms with Crippen molar-refractivity contribution in [1.29, 1.82) is 5.26 Å². The first-order valence-corrected chi connectivity index (χ1v) is 5.96. The largest absolute Gasteiger partial charge is 0.296 e. The van der Waals surface area contributed by atoms with E-state index in [0.29, 0.717) is 24.2 Å². The van der Waals surface area contributed by atoms with Gasteiger partial charge in [-0.25, -0.2) is 4.39 Å². The molecule has 2 aromatic rings. The van der Waals surface area contributed by atoms with Crippen LogP contribution in [0.25, 0.3) is 0 Å². The molecule has 1 aromatic heterocycles. The van der Waals surface area contributed by atoms with E-state index in [0.717, 1.165) is 5.69 Å². The molecule has 0 amide bonds. The van der Waals surface area contributed by atoms with E-state index >= 15 is 0 Å². The van der Waals surface area contributed by atoms with E-state index in [1.54, 1.807) is 12.3 Å². The van der Waals surface area contributed by atoms with Crippen molar-refractivity contribution >= 4 is 0 Å². The molecule has 96 valence electrons. The fourth-order valence-electron chi connectivity index (χ4n) is 1.88. The molecule has 0 unspecified atom stereocenters. The monoisotopic (exact) mass is 255 g/mol. The van der Waals surface area contributed by atoms with Gasteiger partial charge in [-0.2, -0.15) is 5.26 Å². The van der Waals surface area contributed by atoms with Gasteiger partial charge in [-0.15, -0.1) is 0 Å². The van der Waals surface area contributed by atoms with E-state index in [1.165, 1.54) is 12.1 Å². The fraction of sp³-hybridized carbons (Fsp3) is 0.200. The molecule has 0 aliphatic carbocycles. The third-order valence-corrected chi connectivity index (χ3v) is 2.77. The van der Waals surface area contributed by atoms with Gasteiger partial charge in [0.1, 0.15) is 5.82 Å². The molecule has 0 radical (unpaired) electrons. The minimum Gasteiger partial charge on any atom is -0.296 e. The summed E-state index contributed by atoms with van der Waals surface area (Å²) in [5.41, 5.74) is 1.93. The highest BCUT2D eigenvalue weighted by Gasteiger charge is 2.08. The van der Waals surface area contributed by atoms with Crippen LogP contribution in [0, 0.1) is 17.1 Å². The summed E-state index contributed by atoms with van der Waals surface area (Å²) in [5, 5.41) is 8.83. The van der Waals surface area contributed by atoms with Crippen LogP contribution in [0.5, 0.6) is 0 Å². The van der Waals surface area contributed by atoms with Gasteiger partial charge in [0, 0.05) is 24.8 Å². The standard InChI is InChI=1S/C15H14FN3/c1-19(11-14-4-2-3-7-18-14)10-13-8-12(9-17)5-6-15(13)16/h2-8H,10-11H2,1H3. The van der Waals surface area contributed by atoms with Crippen LogP contribution in [-0.4, -0.2) is 16.9 Å². The molecule has 2 rings (SSSR count). The van der Waals surface area contributed by atoms with Gasteiger partial charge >= 0.3 is 0 Å². The number of hydrogen-bond acceptors (Lipinski definition) is 3. The second-order valence-corrected chi connectivity index (χ2v) is 4.41. The molecule has 1 aromatic carbocycles. The van der Waals surface area contributed by atoms with E-state index in [4.69, 9.17) is 5.26 Å². The minimum atomic E-state index is -0.285. The van der Waals surface area contributed by atoms with Gasteiger partial charge < -0.3 is 0 Å². The SMILES string of the molecule is CN(Cc1ccccn1)Cc1cc(C#N)ccc1F. The maximum Gasteiger partial charge on any atom is 0.127 e. The molecule has 4 heteroatoms. The summed E-state index contributed by atoms with van der Waals surface area (Å²) in [6, 6.07) is 12.1. The van der Waals surface area contributed by atoms with Gasteiger partial charge in [0.05, 0.1) is 17.3 Å². The lowest BCUT2D eigenvalue weighted by Crippen LogP contribution is -2.18. The number of halogens is 1. The summed E-state index contributed by atoms with van der Waals surface area (Å²) in [6.45, 7) is 1.08. The Morgan fingerprint density at radius 2 is 2.11 bits per heavy atom. The smallest absolute Gasteiger partial charge is 0.127 e. The lowest BCUT2D eigenvalue weighted by molar-refractivity contribution is 0.310. The zero-order valence-electron chi connectivity index (χ0n) is 10.7. The lowest BCUT2D eigenvalue weighted by atomic mass is 10.1. The van der Waals surface area contributed by atoms with E-state index in [9.17, 15) is 4.39 Å². The molecular formula is C15H14FN3. The van der Waals surface area contributed by atoms with Crippen LogP contribution in [0.2, 0.25) is 0 Å². The first-order valence-electron chi connectivity index (χ1n) is 5.96. The van der Waals surface area contributed by atoms with Crippen LogP contribution in [0.15, 0.2) is 42.6 Å². The first-order chi connectivity index (χ1) is 9.19. The van der Waals surface area contributed by atoms with Crippen molar-refractivity contribution in [3.63, 3.8) is 0 Å². The minimum absolute atomic E-state index is 0.285. The number of hydrogen-bond donors (Lipinski definition) is 0. The van der Waals surface area contributed by atoms with Crippen molar-refractivity contribution in [2.45, 2.75) is 13.1 Å². The number of benzene rings is 1. The highest BCUT2D eigenvalue weighted by molar-refractivity contribution is 5.33. The molecule has 1 heterocycles. The average Bonchev–Trinajstić information content (AvgIpc) is 2.42. The molecule has 0 spiro atoms. The topological polar surface area (TPSA) is 39.9 Å². The number of nitriles is 1. The second-order valence-electron chi connectivity index (χ2n) is 4.41. The third-order valence-electron chi connectivity index (χ3n) is 2.77. The summed E-state index contributed by atoms with van der Waals surface area (Å²) < 4.78 is 13.7. The zero-order chi connectivity index (χ0) is 13.7.